The van der Waals surface area contributed by atoms with E-state index in [0.29, 0.717) is 55.9 Å². The normalized spacial score (nSPS) is 15.7. The van der Waals surface area contributed by atoms with Gasteiger partial charge in [-0.05, 0) is 89.6 Å². The van der Waals surface area contributed by atoms with Gasteiger partial charge >= 0.3 is 11.8 Å². The second kappa shape index (κ2) is 11.3. The molecule has 0 aliphatic carbocycles. The van der Waals surface area contributed by atoms with Crippen molar-refractivity contribution in [3.05, 3.63) is 68.6 Å². The number of amides is 1. The average molecular weight is 575 g/mol. The monoisotopic (exact) mass is 574 g/mol. The lowest BCUT2D eigenvalue weighted by molar-refractivity contribution is 0.0185. The summed E-state index contributed by atoms with van der Waals surface area (Å²) in [4.78, 5) is 34.0. The Morgan fingerprint density at radius 1 is 0.905 bits per heavy atom. The molecule has 0 spiro atoms. The van der Waals surface area contributed by atoms with E-state index in [-0.39, 0.29) is 17.8 Å². The van der Waals surface area contributed by atoms with Crippen molar-refractivity contribution in [3.8, 4) is 22.8 Å². The molecule has 0 saturated carbocycles. The maximum absolute atomic E-state index is 14.3. The fourth-order valence-electron chi connectivity index (χ4n) is 6.16. The van der Waals surface area contributed by atoms with Crippen molar-refractivity contribution >= 4 is 11.8 Å². The summed E-state index contributed by atoms with van der Waals surface area (Å²) in [5, 5.41) is 0. The first kappa shape index (κ1) is 29.5. The molecule has 0 unspecified atom stereocenters. The summed E-state index contributed by atoms with van der Waals surface area (Å²) in [6.45, 7) is 13.4. The van der Waals surface area contributed by atoms with Crippen LogP contribution in [0.3, 0.4) is 0 Å². The molecule has 42 heavy (non-hydrogen) atoms. The van der Waals surface area contributed by atoms with E-state index in [1.54, 1.807) is 19.1 Å². The van der Waals surface area contributed by atoms with E-state index in [9.17, 15) is 9.59 Å². The number of aromatic nitrogens is 2. The Balaban J connectivity index is 1.65. The van der Waals surface area contributed by atoms with E-state index >= 15 is 0 Å². The first-order valence-electron chi connectivity index (χ1n) is 14.6. The highest BCUT2D eigenvalue weighted by Crippen LogP contribution is 2.38. The number of methoxy groups -OCH3 is 2. The number of hydrogen-bond acceptors (Lipinski definition) is 6. The lowest BCUT2D eigenvalue weighted by atomic mass is 9.96. The number of fused-ring (bicyclic) bond motifs is 3. The van der Waals surface area contributed by atoms with Gasteiger partial charge in [-0.3, -0.25) is 9.13 Å². The molecule has 1 fully saturated rings. The largest absolute Gasteiger partial charge is 0.493 e. The van der Waals surface area contributed by atoms with E-state index in [0.717, 1.165) is 33.6 Å². The summed E-state index contributed by atoms with van der Waals surface area (Å²) < 4.78 is 20.5. The van der Waals surface area contributed by atoms with Crippen LogP contribution in [0.15, 0.2) is 40.1 Å². The highest BCUT2D eigenvalue weighted by molar-refractivity contribution is 5.70. The highest BCUT2D eigenvalue weighted by atomic mass is 16.6. The molecule has 2 aliphatic rings. The number of likely N-dealkylation sites (tertiary alicyclic amines) is 1. The number of hydrogen-bond donors (Lipinski definition) is 0. The van der Waals surface area contributed by atoms with Crippen molar-refractivity contribution < 1.29 is 19.0 Å². The van der Waals surface area contributed by atoms with E-state index in [4.69, 9.17) is 19.2 Å². The van der Waals surface area contributed by atoms with Crippen molar-refractivity contribution in [1.82, 2.24) is 14.0 Å². The van der Waals surface area contributed by atoms with Gasteiger partial charge in [0.05, 0.1) is 25.6 Å². The van der Waals surface area contributed by atoms with Crippen LogP contribution in [0.1, 0.15) is 61.9 Å². The summed E-state index contributed by atoms with van der Waals surface area (Å²) in [7, 11) is 3.25. The average Bonchev–Trinajstić information content (AvgIpc) is 2.93. The summed E-state index contributed by atoms with van der Waals surface area (Å²) >= 11 is 0. The summed E-state index contributed by atoms with van der Waals surface area (Å²) in [6, 6.07) is 10.1. The fourth-order valence-corrected chi connectivity index (χ4v) is 6.16. The molecule has 1 aromatic heterocycles. The van der Waals surface area contributed by atoms with Crippen molar-refractivity contribution in [3.63, 3.8) is 0 Å². The molecule has 9 nitrogen and oxygen atoms in total. The van der Waals surface area contributed by atoms with Crippen LogP contribution in [0.5, 0.6) is 11.5 Å². The van der Waals surface area contributed by atoms with Crippen molar-refractivity contribution in [1.29, 1.82) is 0 Å². The highest BCUT2D eigenvalue weighted by Gasteiger charge is 2.30. The maximum Gasteiger partial charge on any atom is 0.410 e. The minimum atomic E-state index is -0.557. The Morgan fingerprint density at radius 3 is 2.12 bits per heavy atom. The molecule has 3 heterocycles. The second-order valence-corrected chi connectivity index (χ2v) is 12.4. The molecule has 224 valence electrons. The Kier molecular flexibility index (Phi) is 7.96. The van der Waals surface area contributed by atoms with Gasteiger partial charge in [-0.25, -0.2) is 14.6 Å². The third-order valence-corrected chi connectivity index (χ3v) is 8.07. The lowest BCUT2D eigenvalue weighted by Gasteiger charge is -2.34. The molecular formula is C33H42N4O5. The van der Waals surface area contributed by atoms with Crippen molar-refractivity contribution in [2.75, 3.05) is 27.3 Å². The van der Waals surface area contributed by atoms with Gasteiger partial charge in [0, 0.05) is 37.3 Å². The minimum absolute atomic E-state index is 0.0928. The maximum atomic E-state index is 14.3. The number of carbonyl (C=O) groups excluding carboxylic acids is 1. The molecule has 9 heteroatoms. The molecule has 0 bridgehead atoms. The van der Waals surface area contributed by atoms with Crippen LogP contribution in [0.4, 0.5) is 10.5 Å². The zero-order valence-electron chi connectivity index (χ0n) is 26.0. The van der Waals surface area contributed by atoms with Gasteiger partial charge in [-0.1, -0.05) is 17.7 Å². The molecule has 0 atom stereocenters. The number of benzene rings is 2. The molecule has 0 radical (unpaired) electrons. The van der Waals surface area contributed by atoms with Gasteiger partial charge in [0.2, 0.25) is 0 Å². The number of rotatable bonds is 4. The fraction of sp³-hybridized carbons (Fsp3) is 0.485. The number of nitrogens with zero attached hydrogens (tertiary/aromatic N) is 4. The van der Waals surface area contributed by atoms with Crippen LogP contribution in [0, 0.1) is 20.8 Å². The van der Waals surface area contributed by atoms with Crippen molar-refractivity contribution in [2.24, 2.45) is 4.99 Å². The SMILES string of the molecule is COc1cc2c(cc1OC)-c1c/c(=N\c3c(C)cc(C)cc3C)n(C3CCN(C(=O)OC(C)(C)C)CC3)c(=O)n1CC2. The third-order valence-electron chi connectivity index (χ3n) is 8.07. The summed E-state index contributed by atoms with van der Waals surface area (Å²) in [5.41, 5.74) is 6.97. The Bertz CT molecular complexity index is 1630. The van der Waals surface area contributed by atoms with Gasteiger partial charge in [-0.2, -0.15) is 0 Å². The predicted octanol–water partition coefficient (Wildman–Crippen LogP) is 5.62. The first-order chi connectivity index (χ1) is 19.9. The molecule has 2 aromatic carbocycles. The van der Waals surface area contributed by atoms with Crippen LogP contribution in [-0.2, 0) is 17.7 Å². The van der Waals surface area contributed by atoms with Crippen LogP contribution in [0.25, 0.3) is 11.3 Å². The molecular weight excluding hydrogens is 532 g/mol. The van der Waals surface area contributed by atoms with Crippen LogP contribution in [0.2, 0.25) is 0 Å². The Labute approximate surface area is 247 Å². The number of piperidine rings is 1. The standard InChI is InChI=1S/C33H42N4O5/c1-20-15-21(2)30(22(3)16-20)34-29-19-26-25-18-28(41-8)27(40-7)17-23(25)9-14-36(26)31(38)37(29)24-10-12-35(13-11-24)32(39)42-33(4,5)6/h15-19,24H,9-14H2,1-8H3/b34-29+. The number of aryl methyl sites for hydroxylation is 4. The topological polar surface area (TPSA) is 87.3 Å². The van der Waals surface area contributed by atoms with Gasteiger partial charge in [-0.15, -0.1) is 0 Å². The number of carbonyl (C=O) groups is 1. The quantitative estimate of drug-likeness (QED) is 0.404. The number of ether oxygens (including phenoxy) is 3. The third kappa shape index (κ3) is 5.69. The van der Waals surface area contributed by atoms with E-state index in [2.05, 4.69) is 32.9 Å². The van der Waals surface area contributed by atoms with Gasteiger partial charge < -0.3 is 19.1 Å². The van der Waals surface area contributed by atoms with Crippen LogP contribution >= 0.6 is 0 Å². The van der Waals surface area contributed by atoms with Gasteiger partial charge in [0.25, 0.3) is 0 Å². The van der Waals surface area contributed by atoms with Gasteiger partial charge in [0.15, 0.2) is 11.5 Å². The Morgan fingerprint density at radius 2 is 1.52 bits per heavy atom. The van der Waals surface area contributed by atoms with E-state index < -0.39 is 5.60 Å². The molecule has 5 rings (SSSR count). The molecule has 1 amide bonds. The minimum Gasteiger partial charge on any atom is -0.493 e. The van der Waals surface area contributed by atoms with E-state index in [1.165, 1.54) is 5.56 Å². The Hall–Kier alpha value is -4.01. The smallest absolute Gasteiger partial charge is 0.410 e. The molecule has 0 N–H and O–H groups in total. The lowest BCUT2D eigenvalue weighted by Crippen LogP contribution is -2.48. The molecule has 1 saturated heterocycles. The zero-order valence-corrected chi connectivity index (χ0v) is 26.0. The van der Waals surface area contributed by atoms with E-state index in [1.807, 2.05) is 48.1 Å². The first-order valence-corrected chi connectivity index (χ1v) is 14.6. The van der Waals surface area contributed by atoms with Gasteiger partial charge in [0.1, 0.15) is 11.1 Å². The zero-order chi connectivity index (χ0) is 30.3. The van der Waals surface area contributed by atoms with Crippen molar-refractivity contribution in [2.45, 2.75) is 79.0 Å². The summed E-state index contributed by atoms with van der Waals surface area (Å²) in [6.07, 6.45) is 1.65. The predicted molar refractivity (Wildman–Crippen MR) is 163 cm³/mol. The van der Waals surface area contributed by atoms with Crippen LogP contribution in [-0.4, -0.2) is 53.0 Å². The van der Waals surface area contributed by atoms with Crippen LogP contribution < -0.4 is 20.7 Å². The molecule has 3 aromatic rings. The second-order valence-electron chi connectivity index (χ2n) is 12.4. The summed E-state index contributed by atoms with van der Waals surface area (Å²) in [5.74, 6) is 1.29. The molecule has 2 aliphatic heterocycles.